The van der Waals surface area contributed by atoms with Crippen molar-refractivity contribution in [2.75, 3.05) is 0 Å². The lowest BCUT2D eigenvalue weighted by Crippen LogP contribution is -2.04. The third-order valence-corrected chi connectivity index (χ3v) is 9.46. The zero-order valence-corrected chi connectivity index (χ0v) is 27.6. The molecule has 0 saturated heterocycles. The van der Waals surface area contributed by atoms with Crippen LogP contribution in [0.4, 0.5) is 0 Å². The Bertz CT molecular complexity index is 2550. The average molecular weight is 651 g/mol. The van der Waals surface area contributed by atoms with E-state index in [1.54, 1.807) is 0 Å². The van der Waals surface area contributed by atoms with Crippen molar-refractivity contribution < 1.29 is 0 Å². The number of aromatic nitrogens is 3. The zero-order chi connectivity index (χ0) is 34.1. The first kappa shape index (κ1) is 30.0. The fourth-order valence-electron chi connectivity index (χ4n) is 7.15. The van der Waals surface area contributed by atoms with Gasteiger partial charge in [0.1, 0.15) is 11.6 Å². The highest BCUT2D eigenvalue weighted by Crippen LogP contribution is 2.44. The monoisotopic (exact) mass is 650 g/mol. The van der Waals surface area contributed by atoms with Gasteiger partial charge < -0.3 is 4.57 Å². The molecule has 2 aromatic heterocycles. The van der Waals surface area contributed by atoms with Crippen LogP contribution in [0.5, 0.6) is 0 Å². The number of hydrogen-bond acceptors (Lipinski definition) is 3. The van der Waals surface area contributed by atoms with Gasteiger partial charge >= 0.3 is 0 Å². The quantitative estimate of drug-likeness (QED) is 0.180. The number of nitrogens with zero attached hydrogens (tertiary/aromatic N) is 4. The van der Waals surface area contributed by atoms with Crippen LogP contribution < -0.4 is 0 Å². The van der Waals surface area contributed by atoms with Gasteiger partial charge in [-0.1, -0.05) is 158 Å². The lowest BCUT2D eigenvalue weighted by Gasteiger charge is -2.21. The van der Waals surface area contributed by atoms with Crippen molar-refractivity contribution >= 4 is 21.8 Å². The first-order valence-electron chi connectivity index (χ1n) is 17.0. The van der Waals surface area contributed by atoms with Crippen LogP contribution in [0.25, 0.3) is 83.6 Å². The highest BCUT2D eigenvalue weighted by atomic mass is 15.0. The van der Waals surface area contributed by atoms with Crippen molar-refractivity contribution in [3.05, 3.63) is 188 Å². The Balaban J connectivity index is 1.42. The maximum Gasteiger partial charge on any atom is 0.160 e. The minimum absolute atomic E-state index is 0.449. The van der Waals surface area contributed by atoms with Crippen LogP contribution in [-0.2, 0) is 0 Å². The van der Waals surface area contributed by atoms with E-state index < -0.39 is 0 Å². The maximum absolute atomic E-state index is 10.6. The number of benzene rings is 7. The Morgan fingerprint density at radius 1 is 0.412 bits per heavy atom. The van der Waals surface area contributed by atoms with Crippen molar-refractivity contribution in [2.45, 2.75) is 0 Å². The van der Waals surface area contributed by atoms with Crippen LogP contribution in [0.2, 0.25) is 0 Å². The molecule has 0 saturated carbocycles. The lowest BCUT2D eigenvalue weighted by atomic mass is 9.92. The second-order valence-corrected chi connectivity index (χ2v) is 12.5. The van der Waals surface area contributed by atoms with Gasteiger partial charge in [-0.25, -0.2) is 9.97 Å². The SMILES string of the molecule is N#Cc1c(-c2ccccc2)nc(-c2cc(-c3ccccc3)c(-n3c4ccccc4c4ccccc43)c(-c3ccccc3)c2)nc1-c1ccccc1. The Labute approximate surface area is 296 Å². The summed E-state index contributed by atoms with van der Waals surface area (Å²) >= 11 is 0. The van der Waals surface area contributed by atoms with Crippen molar-refractivity contribution in [3.8, 4) is 67.9 Å². The number of hydrogen-bond donors (Lipinski definition) is 0. The van der Waals surface area contributed by atoms with E-state index in [1.807, 2.05) is 72.8 Å². The molecule has 0 aliphatic heterocycles. The summed E-state index contributed by atoms with van der Waals surface area (Å²) in [7, 11) is 0. The topological polar surface area (TPSA) is 54.5 Å². The molecule has 9 rings (SSSR count). The standard InChI is InChI=1S/C47H30N4/c48-31-41-44(34-21-9-3-10-22-34)49-47(50-45(41)35-23-11-4-12-24-35)36-29-39(32-17-5-1-6-18-32)46(40(30-36)33-19-7-2-8-20-33)51-42-27-15-13-25-37(42)38-26-14-16-28-43(38)51/h1-30H. The van der Waals surface area contributed by atoms with E-state index in [0.29, 0.717) is 22.8 Å². The molecule has 0 radical (unpaired) electrons. The highest BCUT2D eigenvalue weighted by molar-refractivity contribution is 6.10. The Hall–Kier alpha value is -7.09. The number of fused-ring (bicyclic) bond motifs is 3. The first-order valence-corrected chi connectivity index (χ1v) is 17.0. The van der Waals surface area contributed by atoms with Crippen LogP contribution in [0, 0.1) is 11.3 Å². The molecule has 238 valence electrons. The minimum atomic E-state index is 0.449. The van der Waals surface area contributed by atoms with Gasteiger partial charge in [-0.15, -0.1) is 0 Å². The lowest BCUT2D eigenvalue weighted by molar-refractivity contribution is 1.16. The van der Waals surface area contributed by atoms with E-state index in [2.05, 4.69) is 120 Å². The third-order valence-electron chi connectivity index (χ3n) is 9.46. The average Bonchev–Trinajstić information content (AvgIpc) is 3.55. The summed E-state index contributed by atoms with van der Waals surface area (Å²) in [4.78, 5) is 10.4. The highest BCUT2D eigenvalue weighted by Gasteiger charge is 2.24. The Morgan fingerprint density at radius 2 is 0.784 bits per heavy atom. The molecule has 0 fully saturated rings. The predicted octanol–water partition coefficient (Wildman–Crippen LogP) is 11.8. The van der Waals surface area contributed by atoms with Gasteiger partial charge in [-0.05, 0) is 35.4 Å². The summed E-state index contributed by atoms with van der Waals surface area (Å²) in [5.74, 6) is 0.551. The fourth-order valence-corrected chi connectivity index (χ4v) is 7.15. The summed E-state index contributed by atoms with van der Waals surface area (Å²) in [6.45, 7) is 0. The van der Waals surface area contributed by atoms with Gasteiger partial charge in [0, 0.05) is 38.6 Å². The van der Waals surface area contributed by atoms with E-state index >= 15 is 0 Å². The van der Waals surface area contributed by atoms with Crippen LogP contribution in [0.3, 0.4) is 0 Å². The molecule has 0 amide bonds. The molecule has 0 N–H and O–H groups in total. The molecule has 0 aliphatic rings. The molecule has 0 atom stereocenters. The second kappa shape index (κ2) is 12.7. The summed E-state index contributed by atoms with van der Waals surface area (Å²) in [6, 6.07) is 65.0. The first-order chi connectivity index (χ1) is 25.3. The van der Waals surface area contributed by atoms with Crippen LogP contribution in [0.15, 0.2) is 182 Å². The second-order valence-electron chi connectivity index (χ2n) is 12.5. The molecule has 51 heavy (non-hydrogen) atoms. The van der Waals surface area contributed by atoms with Crippen LogP contribution in [0.1, 0.15) is 5.56 Å². The third kappa shape index (κ3) is 5.25. The molecule has 4 nitrogen and oxygen atoms in total. The number of rotatable bonds is 6. The summed E-state index contributed by atoms with van der Waals surface area (Å²) in [6.07, 6.45) is 0. The van der Waals surface area contributed by atoms with E-state index in [0.717, 1.165) is 55.7 Å². The molecular weight excluding hydrogens is 621 g/mol. The Kier molecular flexibility index (Phi) is 7.50. The number of para-hydroxylation sites is 2. The van der Waals surface area contributed by atoms with E-state index in [9.17, 15) is 5.26 Å². The molecular formula is C47H30N4. The fraction of sp³-hybridized carbons (Fsp3) is 0. The minimum Gasteiger partial charge on any atom is -0.308 e. The zero-order valence-electron chi connectivity index (χ0n) is 27.6. The largest absolute Gasteiger partial charge is 0.308 e. The van der Waals surface area contributed by atoms with Crippen molar-refractivity contribution in [3.63, 3.8) is 0 Å². The van der Waals surface area contributed by atoms with Crippen LogP contribution in [-0.4, -0.2) is 14.5 Å². The molecule has 7 aromatic carbocycles. The van der Waals surface area contributed by atoms with Crippen molar-refractivity contribution in [1.29, 1.82) is 5.26 Å². The smallest absolute Gasteiger partial charge is 0.160 e. The van der Waals surface area contributed by atoms with Gasteiger partial charge in [-0.2, -0.15) is 5.26 Å². The molecule has 2 heterocycles. The molecule has 9 aromatic rings. The van der Waals surface area contributed by atoms with Gasteiger partial charge in [0.2, 0.25) is 0 Å². The van der Waals surface area contributed by atoms with Crippen LogP contribution >= 0.6 is 0 Å². The van der Waals surface area contributed by atoms with Gasteiger partial charge in [0.15, 0.2) is 5.82 Å². The predicted molar refractivity (Wildman–Crippen MR) is 208 cm³/mol. The Morgan fingerprint density at radius 3 is 1.20 bits per heavy atom. The van der Waals surface area contributed by atoms with Crippen molar-refractivity contribution in [1.82, 2.24) is 14.5 Å². The van der Waals surface area contributed by atoms with Gasteiger partial charge in [0.05, 0.1) is 28.1 Å². The summed E-state index contributed by atoms with van der Waals surface area (Å²) < 4.78 is 2.41. The molecule has 0 spiro atoms. The normalized spacial score (nSPS) is 11.1. The summed E-state index contributed by atoms with van der Waals surface area (Å²) in [5, 5.41) is 13.0. The molecule has 4 heteroatoms. The maximum atomic E-state index is 10.6. The van der Waals surface area contributed by atoms with E-state index in [-0.39, 0.29) is 0 Å². The number of nitriles is 1. The van der Waals surface area contributed by atoms with Gasteiger partial charge in [-0.3, -0.25) is 0 Å². The van der Waals surface area contributed by atoms with Gasteiger partial charge in [0.25, 0.3) is 0 Å². The van der Waals surface area contributed by atoms with E-state index in [1.165, 1.54) is 10.8 Å². The molecule has 0 unspecified atom stereocenters. The van der Waals surface area contributed by atoms with E-state index in [4.69, 9.17) is 9.97 Å². The van der Waals surface area contributed by atoms with Crippen molar-refractivity contribution in [2.24, 2.45) is 0 Å². The molecule has 0 bridgehead atoms. The molecule has 0 aliphatic carbocycles. The summed E-state index contributed by atoms with van der Waals surface area (Å²) in [5.41, 5.74) is 11.8.